The Bertz CT molecular complexity index is 1210. The SMILES string of the molecule is CCOc1ccc(NC(=O)c2nc(-c3ccccc3)n(-c3ccc(Cl)c(Cl)c3)n2)cc1. The second kappa shape index (κ2) is 9.20. The van der Waals surface area contributed by atoms with Gasteiger partial charge in [-0.05, 0) is 49.4 Å². The number of anilines is 1. The van der Waals surface area contributed by atoms with Crippen LogP contribution in [0.2, 0.25) is 10.0 Å². The lowest BCUT2D eigenvalue weighted by molar-refractivity contribution is 0.101. The summed E-state index contributed by atoms with van der Waals surface area (Å²) in [5.41, 5.74) is 2.06. The number of halogens is 2. The molecule has 0 unspecified atom stereocenters. The fraction of sp³-hybridized carbons (Fsp3) is 0.0870. The molecule has 0 saturated heterocycles. The predicted octanol–water partition coefficient (Wildman–Crippen LogP) is 5.89. The lowest BCUT2D eigenvalue weighted by Gasteiger charge is -2.07. The number of carbonyl (C=O) groups excluding carboxylic acids is 1. The Labute approximate surface area is 189 Å². The zero-order valence-corrected chi connectivity index (χ0v) is 18.1. The molecule has 0 atom stereocenters. The maximum absolute atomic E-state index is 12.8. The molecule has 156 valence electrons. The molecule has 1 aromatic heterocycles. The van der Waals surface area contributed by atoms with Gasteiger partial charge in [-0.25, -0.2) is 9.67 Å². The number of hydrogen-bond acceptors (Lipinski definition) is 4. The molecule has 0 aliphatic carbocycles. The summed E-state index contributed by atoms with van der Waals surface area (Å²) in [7, 11) is 0. The number of benzene rings is 3. The molecule has 1 amide bonds. The highest BCUT2D eigenvalue weighted by atomic mass is 35.5. The van der Waals surface area contributed by atoms with Crippen LogP contribution in [0.5, 0.6) is 5.75 Å². The standard InChI is InChI=1S/C23H18Cl2N4O2/c1-2-31-18-11-8-16(9-12-18)26-23(30)21-27-22(15-6-4-3-5-7-15)29(28-21)17-10-13-19(24)20(25)14-17/h3-14H,2H2,1H3,(H,26,30). The van der Waals surface area contributed by atoms with Gasteiger partial charge < -0.3 is 10.1 Å². The molecule has 1 heterocycles. The van der Waals surface area contributed by atoms with Gasteiger partial charge >= 0.3 is 0 Å². The van der Waals surface area contributed by atoms with Gasteiger partial charge in [0.05, 0.1) is 22.3 Å². The predicted molar refractivity (Wildman–Crippen MR) is 122 cm³/mol. The lowest BCUT2D eigenvalue weighted by atomic mass is 10.2. The molecule has 4 rings (SSSR count). The molecule has 1 N–H and O–H groups in total. The van der Waals surface area contributed by atoms with E-state index in [1.54, 1.807) is 47.1 Å². The minimum Gasteiger partial charge on any atom is -0.494 e. The summed E-state index contributed by atoms with van der Waals surface area (Å²) in [5, 5.41) is 8.06. The number of nitrogens with one attached hydrogen (secondary N) is 1. The molecule has 0 spiro atoms. The van der Waals surface area contributed by atoms with Crippen LogP contribution < -0.4 is 10.1 Å². The molecule has 0 fully saturated rings. The third kappa shape index (κ3) is 4.71. The summed E-state index contributed by atoms with van der Waals surface area (Å²) in [4.78, 5) is 17.3. The van der Waals surface area contributed by atoms with Crippen molar-refractivity contribution >= 4 is 34.8 Å². The Kier molecular flexibility index (Phi) is 6.21. The van der Waals surface area contributed by atoms with Gasteiger partial charge in [0, 0.05) is 11.3 Å². The topological polar surface area (TPSA) is 69.0 Å². The van der Waals surface area contributed by atoms with Crippen LogP contribution >= 0.6 is 23.2 Å². The first-order valence-electron chi connectivity index (χ1n) is 9.57. The van der Waals surface area contributed by atoms with Crippen molar-refractivity contribution in [1.29, 1.82) is 0 Å². The zero-order valence-electron chi connectivity index (χ0n) is 16.5. The van der Waals surface area contributed by atoms with Crippen molar-refractivity contribution in [1.82, 2.24) is 14.8 Å². The van der Waals surface area contributed by atoms with Crippen LogP contribution in [-0.4, -0.2) is 27.3 Å². The molecular weight excluding hydrogens is 435 g/mol. The number of rotatable bonds is 6. The van der Waals surface area contributed by atoms with Gasteiger partial charge in [-0.2, -0.15) is 0 Å². The smallest absolute Gasteiger partial charge is 0.295 e. The molecular formula is C23H18Cl2N4O2. The van der Waals surface area contributed by atoms with Crippen LogP contribution in [0.1, 0.15) is 17.5 Å². The maximum Gasteiger partial charge on any atom is 0.295 e. The molecule has 3 aromatic carbocycles. The van der Waals surface area contributed by atoms with Crippen LogP contribution in [-0.2, 0) is 0 Å². The van der Waals surface area contributed by atoms with E-state index in [2.05, 4.69) is 15.4 Å². The van der Waals surface area contributed by atoms with Crippen molar-refractivity contribution in [3.63, 3.8) is 0 Å². The van der Waals surface area contributed by atoms with E-state index in [9.17, 15) is 4.79 Å². The first-order chi connectivity index (χ1) is 15.0. The first-order valence-corrected chi connectivity index (χ1v) is 10.3. The summed E-state index contributed by atoms with van der Waals surface area (Å²) in [6, 6.07) is 21.7. The van der Waals surface area contributed by atoms with E-state index in [4.69, 9.17) is 27.9 Å². The molecule has 8 heteroatoms. The van der Waals surface area contributed by atoms with Gasteiger partial charge in [0.1, 0.15) is 5.75 Å². The van der Waals surface area contributed by atoms with Crippen LogP contribution in [0, 0.1) is 0 Å². The fourth-order valence-corrected chi connectivity index (χ4v) is 3.26. The highest BCUT2D eigenvalue weighted by Crippen LogP contribution is 2.27. The van der Waals surface area contributed by atoms with Crippen LogP contribution in [0.3, 0.4) is 0 Å². The second-order valence-electron chi connectivity index (χ2n) is 6.55. The van der Waals surface area contributed by atoms with E-state index in [0.717, 1.165) is 11.3 Å². The molecule has 0 aliphatic heterocycles. The second-order valence-corrected chi connectivity index (χ2v) is 7.36. The van der Waals surface area contributed by atoms with Crippen molar-refractivity contribution in [2.75, 3.05) is 11.9 Å². The number of nitrogens with zero attached hydrogens (tertiary/aromatic N) is 3. The van der Waals surface area contributed by atoms with Crippen LogP contribution in [0.15, 0.2) is 72.8 Å². The van der Waals surface area contributed by atoms with Gasteiger partial charge in [-0.15, -0.1) is 5.10 Å². The molecule has 31 heavy (non-hydrogen) atoms. The Hall–Kier alpha value is -3.35. The van der Waals surface area contributed by atoms with E-state index in [0.29, 0.717) is 33.9 Å². The van der Waals surface area contributed by atoms with Crippen LogP contribution in [0.4, 0.5) is 5.69 Å². The monoisotopic (exact) mass is 452 g/mol. The molecule has 6 nitrogen and oxygen atoms in total. The summed E-state index contributed by atoms with van der Waals surface area (Å²) < 4.78 is 7.00. The number of aromatic nitrogens is 3. The molecule has 0 saturated carbocycles. The number of hydrogen-bond donors (Lipinski definition) is 1. The van der Waals surface area contributed by atoms with Gasteiger partial charge in [-0.1, -0.05) is 53.5 Å². The molecule has 0 radical (unpaired) electrons. The van der Waals surface area contributed by atoms with E-state index < -0.39 is 5.91 Å². The Morgan fingerprint density at radius 3 is 2.42 bits per heavy atom. The minimum absolute atomic E-state index is 0.0267. The van der Waals surface area contributed by atoms with Crippen molar-refractivity contribution in [3.8, 4) is 22.8 Å². The van der Waals surface area contributed by atoms with Gasteiger partial charge in [0.25, 0.3) is 5.91 Å². The molecule has 4 aromatic rings. The maximum atomic E-state index is 12.8. The van der Waals surface area contributed by atoms with Crippen LogP contribution in [0.25, 0.3) is 17.1 Å². The fourth-order valence-electron chi connectivity index (χ4n) is 2.97. The van der Waals surface area contributed by atoms with E-state index >= 15 is 0 Å². The molecule has 0 bridgehead atoms. The van der Waals surface area contributed by atoms with Gasteiger partial charge in [0.15, 0.2) is 5.82 Å². The summed E-state index contributed by atoms with van der Waals surface area (Å²) in [6.07, 6.45) is 0. The largest absolute Gasteiger partial charge is 0.494 e. The third-order valence-electron chi connectivity index (χ3n) is 4.41. The number of amides is 1. The average molecular weight is 453 g/mol. The average Bonchev–Trinajstić information content (AvgIpc) is 3.23. The quantitative estimate of drug-likeness (QED) is 0.395. The lowest BCUT2D eigenvalue weighted by Crippen LogP contribution is -2.14. The van der Waals surface area contributed by atoms with E-state index in [-0.39, 0.29) is 5.82 Å². The van der Waals surface area contributed by atoms with E-state index in [1.807, 2.05) is 37.3 Å². The first kappa shape index (κ1) is 20.9. The van der Waals surface area contributed by atoms with Crippen molar-refractivity contribution in [2.45, 2.75) is 6.92 Å². The van der Waals surface area contributed by atoms with Crippen molar-refractivity contribution in [2.24, 2.45) is 0 Å². The van der Waals surface area contributed by atoms with E-state index in [1.165, 1.54) is 0 Å². The van der Waals surface area contributed by atoms with Gasteiger partial charge in [-0.3, -0.25) is 4.79 Å². The Balaban J connectivity index is 1.69. The Morgan fingerprint density at radius 2 is 1.74 bits per heavy atom. The normalized spacial score (nSPS) is 10.7. The van der Waals surface area contributed by atoms with Gasteiger partial charge in [0.2, 0.25) is 5.82 Å². The Morgan fingerprint density at radius 1 is 1.00 bits per heavy atom. The highest BCUT2D eigenvalue weighted by Gasteiger charge is 2.19. The molecule has 0 aliphatic rings. The number of ether oxygens (including phenoxy) is 1. The summed E-state index contributed by atoms with van der Waals surface area (Å²) >= 11 is 12.2. The third-order valence-corrected chi connectivity index (χ3v) is 5.15. The summed E-state index contributed by atoms with van der Waals surface area (Å²) in [6.45, 7) is 2.49. The minimum atomic E-state index is -0.430. The van der Waals surface area contributed by atoms with Crippen molar-refractivity contribution < 1.29 is 9.53 Å². The highest BCUT2D eigenvalue weighted by molar-refractivity contribution is 6.42. The van der Waals surface area contributed by atoms with Crippen molar-refractivity contribution in [3.05, 3.63) is 88.7 Å². The zero-order chi connectivity index (χ0) is 21.8. The number of carbonyl (C=O) groups is 1. The summed E-state index contributed by atoms with van der Waals surface area (Å²) in [5.74, 6) is 0.837.